The normalized spacial score (nSPS) is 16.3. The summed E-state index contributed by atoms with van der Waals surface area (Å²) in [6.07, 6.45) is 0. The number of nitrogen functional groups attached to an aromatic ring is 1. The van der Waals surface area contributed by atoms with Gasteiger partial charge in [0.15, 0.2) is 0 Å². The molecule has 1 heterocycles. The van der Waals surface area contributed by atoms with Crippen LogP contribution < -0.4 is 5.73 Å². The summed E-state index contributed by atoms with van der Waals surface area (Å²) in [5.74, 6) is -0.0235. The van der Waals surface area contributed by atoms with Crippen molar-refractivity contribution in [3.05, 3.63) is 29.3 Å². The van der Waals surface area contributed by atoms with Crippen LogP contribution in [0, 0.1) is 0 Å². The maximum absolute atomic E-state index is 11.8. The number of carbonyl (C=O) groups is 1. The average Bonchev–Trinajstić information content (AvgIpc) is 2.41. The Hall–Kier alpha value is -1.59. The van der Waals surface area contributed by atoms with Gasteiger partial charge in [0.1, 0.15) is 0 Å². The highest BCUT2D eigenvalue weighted by atomic mass is 16.5. The number of amides is 1. The van der Waals surface area contributed by atoms with Crippen LogP contribution in [0.25, 0.3) is 0 Å². The first-order chi connectivity index (χ1) is 9.08. The number of hydrogen-bond acceptors (Lipinski definition) is 4. The molecular formula is C14H21N3O2. The summed E-state index contributed by atoms with van der Waals surface area (Å²) in [6.45, 7) is 4.22. The van der Waals surface area contributed by atoms with Gasteiger partial charge in [0.25, 0.3) is 5.91 Å². The van der Waals surface area contributed by atoms with Gasteiger partial charge >= 0.3 is 0 Å². The molecule has 5 nitrogen and oxygen atoms in total. The second-order valence-electron chi connectivity index (χ2n) is 5.00. The van der Waals surface area contributed by atoms with E-state index in [1.165, 1.54) is 0 Å². The molecule has 0 spiro atoms. The quantitative estimate of drug-likeness (QED) is 0.820. The smallest absolute Gasteiger partial charge is 0.253 e. The van der Waals surface area contributed by atoms with Crippen molar-refractivity contribution in [2.24, 2.45) is 0 Å². The highest BCUT2D eigenvalue weighted by Gasteiger charge is 2.14. The van der Waals surface area contributed by atoms with Gasteiger partial charge in [0.2, 0.25) is 0 Å². The Morgan fingerprint density at radius 3 is 2.63 bits per heavy atom. The third kappa shape index (κ3) is 3.45. The molecule has 0 radical (unpaired) electrons. The van der Waals surface area contributed by atoms with E-state index in [1.54, 1.807) is 25.1 Å². The number of benzene rings is 1. The number of anilines is 1. The molecule has 0 bridgehead atoms. The van der Waals surface area contributed by atoms with E-state index < -0.39 is 0 Å². The lowest BCUT2D eigenvalue weighted by atomic mass is 10.1. The molecule has 0 unspecified atom stereocenters. The Morgan fingerprint density at radius 1 is 1.37 bits per heavy atom. The Morgan fingerprint density at radius 2 is 2.05 bits per heavy atom. The molecule has 2 rings (SSSR count). The molecule has 0 aliphatic carbocycles. The van der Waals surface area contributed by atoms with E-state index in [0.717, 1.165) is 38.4 Å². The lowest BCUT2D eigenvalue weighted by molar-refractivity contribution is 0.0343. The van der Waals surface area contributed by atoms with Gasteiger partial charge < -0.3 is 15.4 Å². The second-order valence-corrected chi connectivity index (χ2v) is 5.00. The predicted octanol–water partition coefficient (Wildman–Crippen LogP) is 0.803. The molecule has 1 aromatic rings. The highest BCUT2D eigenvalue weighted by Crippen LogP contribution is 2.18. The van der Waals surface area contributed by atoms with Crippen LogP contribution in [-0.4, -0.2) is 56.1 Å². The standard InChI is InChI=1S/C14H21N3O2/c1-16(2)14(18)11-3-4-12(13(15)9-11)10-17-5-7-19-8-6-17/h3-4,9H,5-8,10,15H2,1-2H3. The van der Waals surface area contributed by atoms with Gasteiger partial charge in [-0.3, -0.25) is 9.69 Å². The van der Waals surface area contributed by atoms with Gasteiger partial charge in [0, 0.05) is 45.0 Å². The van der Waals surface area contributed by atoms with Gasteiger partial charge in [-0.15, -0.1) is 0 Å². The summed E-state index contributed by atoms with van der Waals surface area (Å²) in [4.78, 5) is 15.7. The molecule has 1 fully saturated rings. The van der Waals surface area contributed by atoms with Crippen molar-refractivity contribution in [3.8, 4) is 0 Å². The minimum absolute atomic E-state index is 0.0235. The van der Waals surface area contributed by atoms with E-state index in [2.05, 4.69) is 4.90 Å². The maximum atomic E-state index is 11.8. The van der Waals surface area contributed by atoms with Crippen molar-refractivity contribution in [2.45, 2.75) is 6.54 Å². The Bertz CT molecular complexity index is 454. The van der Waals surface area contributed by atoms with E-state index in [0.29, 0.717) is 11.3 Å². The molecule has 1 amide bonds. The van der Waals surface area contributed by atoms with E-state index in [1.807, 2.05) is 12.1 Å². The summed E-state index contributed by atoms with van der Waals surface area (Å²) >= 11 is 0. The molecule has 1 aliphatic rings. The van der Waals surface area contributed by atoms with E-state index in [9.17, 15) is 4.79 Å². The maximum Gasteiger partial charge on any atom is 0.253 e. The number of hydrogen-bond donors (Lipinski definition) is 1. The number of nitrogens with two attached hydrogens (primary N) is 1. The topological polar surface area (TPSA) is 58.8 Å². The van der Waals surface area contributed by atoms with Gasteiger partial charge in [0.05, 0.1) is 13.2 Å². The van der Waals surface area contributed by atoms with Crippen molar-refractivity contribution in [2.75, 3.05) is 46.1 Å². The molecular weight excluding hydrogens is 242 g/mol. The van der Waals surface area contributed by atoms with Crippen LogP contribution in [0.4, 0.5) is 5.69 Å². The third-order valence-electron chi connectivity index (χ3n) is 3.30. The zero-order chi connectivity index (χ0) is 13.8. The van der Waals surface area contributed by atoms with Crippen molar-refractivity contribution < 1.29 is 9.53 Å². The average molecular weight is 263 g/mol. The fourth-order valence-corrected chi connectivity index (χ4v) is 2.13. The number of nitrogens with zero attached hydrogens (tertiary/aromatic N) is 2. The van der Waals surface area contributed by atoms with Crippen molar-refractivity contribution in [1.82, 2.24) is 9.80 Å². The Balaban J connectivity index is 2.08. The van der Waals surface area contributed by atoms with Crippen molar-refractivity contribution in [1.29, 1.82) is 0 Å². The molecule has 1 saturated heterocycles. The third-order valence-corrected chi connectivity index (χ3v) is 3.30. The van der Waals surface area contributed by atoms with Crippen molar-refractivity contribution in [3.63, 3.8) is 0 Å². The van der Waals surface area contributed by atoms with Crippen LogP contribution >= 0.6 is 0 Å². The number of rotatable bonds is 3. The Kier molecular flexibility index (Phi) is 4.39. The number of morpholine rings is 1. The molecule has 2 N–H and O–H groups in total. The lowest BCUT2D eigenvalue weighted by Crippen LogP contribution is -2.35. The molecule has 19 heavy (non-hydrogen) atoms. The molecule has 104 valence electrons. The minimum Gasteiger partial charge on any atom is -0.398 e. The van der Waals surface area contributed by atoms with E-state index in [-0.39, 0.29) is 5.91 Å². The van der Waals surface area contributed by atoms with Crippen LogP contribution in [0.3, 0.4) is 0 Å². The molecule has 0 saturated carbocycles. The first-order valence-corrected chi connectivity index (χ1v) is 6.48. The first kappa shape index (κ1) is 13.8. The van der Waals surface area contributed by atoms with Crippen molar-refractivity contribution >= 4 is 11.6 Å². The SMILES string of the molecule is CN(C)C(=O)c1ccc(CN2CCOCC2)c(N)c1. The van der Waals surface area contributed by atoms with Gasteiger partial charge in [-0.05, 0) is 17.7 Å². The van der Waals surface area contributed by atoms with Crippen LogP contribution in [0.15, 0.2) is 18.2 Å². The van der Waals surface area contributed by atoms with Crippen LogP contribution in [-0.2, 0) is 11.3 Å². The zero-order valence-corrected chi connectivity index (χ0v) is 11.6. The lowest BCUT2D eigenvalue weighted by Gasteiger charge is -2.27. The van der Waals surface area contributed by atoms with Gasteiger partial charge in [-0.1, -0.05) is 6.07 Å². The summed E-state index contributed by atoms with van der Waals surface area (Å²) < 4.78 is 5.32. The molecule has 0 aromatic heterocycles. The minimum atomic E-state index is -0.0235. The fourth-order valence-electron chi connectivity index (χ4n) is 2.13. The van der Waals surface area contributed by atoms with E-state index in [4.69, 9.17) is 10.5 Å². The Labute approximate surface area is 113 Å². The van der Waals surface area contributed by atoms with Crippen LogP contribution in [0.2, 0.25) is 0 Å². The van der Waals surface area contributed by atoms with E-state index >= 15 is 0 Å². The largest absolute Gasteiger partial charge is 0.398 e. The summed E-state index contributed by atoms with van der Waals surface area (Å²) in [6, 6.07) is 5.55. The second kappa shape index (κ2) is 6.04. The summed E-state index contributed by atoms with van der Waals surface area (Å²) in [7, 11) is 3.47. The highest BCUT2D eigenvalue weighted by molar-refractivity contribution is 5.94. The number of carbonyl (C=O) groups excluding carboxylic acids is 1. The summed E-state index contributed by atoms with van der Waals surface area (Å²) in [5, 5.41) is 0. The molecule has 0 atom stereocenters. The summed E-state index contributed by atoms with van der Waals surface area (Å²) in [5.41, 5.74) is 8.43. The van der Waals surface area contributed by atoms with Crippen LogP contribution in [0.1, 0.15) is 15.9 Å². The molecule has 1 aliphatic heterocycles. The number of ether oxygens (including phenoxy) is 1. The molecule has 5 heteroatoms. The zero-order valence-electron chi connectivity index (χ0n) is 11.6. The van der Waals surface area contributed by atoms with Crippen LogP contribution in [0.5, 0.6) is 0 Å². The fraction of sp³-hybridized carbons (Fsp3) is 0.500. The monoisotopic (exact) mass is 263 g/mol. The predicted molar refractivity (Wildman–Crippen MR) is 75.0 cm³/mol. The van der Waals surface area contributed by atoms with Gasteiger partial charge in [-0.25, -0.2) is 0 Å². The molecule has 1 aromatic carbocycles. The van der Waals surface area contributed by atoms with Gasteiger partial charge in [-0.2, -0.15) is 0 Å². The first-order valence-electron chi connectivity index (χ1n) is 6.48.